The second-order valence-electron chi connectivity index (χ2n) is 2.97. The molecule has 2 atom stereocenters. The maximum Gasteiger partial charge on any atom is 0.309 e. The number of rotatable bonds is 4. The summed E-state index contributed by atoms with van der Waals surface area (Å²) in [6.45, 7) is 1.75. The normalized spacial score (nSPS) is 15.1. The molecule has 0 saturated heterocycles. The van der Waals surface area contributed by atoms with Crippen molar-refractivity contribution in [2.24, 2.45) is 5.92 Å². The van der Waals surface area contributed by atoms with Gasteiger partial charge in [0.05, 0.1) is 5.92 Å². The molecule has 1 heterocycles. The number of carboxylic acid groups (broad SMARTS) is 1. The van der Waals surface area contributed by atoms with Crippen LogP contribution in [0.5, 0.6) is 0 Å². The quantitative estimate of drug-likeness (QED) is 0.890. The van der Waals surface area contributed by atoms with Gasteiger partial charge in [0.15, 0.2) is 0 Å². The monoisotopic (exact) mass is 278 g/mol. The molecule has 5 heteroatoms. The van der Waals surface area contributed by atoms with E-state index in [0.29, 0.717) is 11.3 Å². The van der Waals surface area contributed by atoms with E-state index in [1.807, 2.05) is 5.38 Å². The fourth-order valence-corrected chi connectivity index (χ4v) is 2.71. The fraction of sp³-hybridized carbons (Fsp3) is 0.444. The van der Waals surface area contributed by atoms with Crippen molar-refractivity contribution in [3.05, 3.63) is 20.8 Å². The standard InChI is InChI=1S/C9H11BrO3S/c1-2-6(9(12)13)8(11)7-3-5(10)4-14-7/h3-4,6,8,11H,2H2,1H3,(H,12,13). The minimum absolute atomic E-state index is 0.423. The Morgan fingerprint density at radius 2 is 2.36 bits per heavy atom. The predicted octanol–water partition coefficient (Wildman–Crippen LogP) is 2.65. The lowest BCUT2D eigenvalue weighted by Crippen LogP contribution is -2.20. The molecule has 1 rings (SSSR count). The van der Waals surface area contributed by atoms with Crippen molar-refractivity contribution in [3.63, 3.8) is 0 Å². The van der Waals surface area contributed by atoms with Crippen molar-refractivity contribution in [2.45, 2.75) is 19.4 Å². The van der Waals surface area contributed by atoms with Crippen molar-refractivity contribution in [3.8, 4) is 0 Å². The van der Waals surface area contributed by atoms with Crippen LogP contribution in [0.1, 0.15) is 24.3 Å². The molecule has 0 aliphatic rings. The van der Waals surface area contributed by atoms with Gasteiger partial charge >= 0.3 is 5.97 Å². The minimum atomic E-state index is -0.954. The zero-order valence-corrected chi connectivity index (χ0v) is 10.0. The van der Waals surface area contributed by atoms with Gasteiger partial charge in [0, 0.05) is 14.7 Å². The van der Waals surface area contributed by atoms with E-state index in [9.17, 15) is 9.90 Å². The van der Waals surface area contributed by atoms with Crippen molar-refractivity contribution < 1.29 is 15.0 Å². The molecule has 1 aromatic heterocycles. The first-order chi connectivity index (χ1) is 6.56. The van der Waals surface area contributed by atoms with Crippen LogP contribution in [-0.4, -0.2) is 16.2 Å². The van der Waals surface area contributed by atoms with Gasteiger partial charge in [0.2, 0.25) is 0 Å². The van der Waals surface area contributed by atoms with Gasteiger partial charge < -0.3 is 10.2 Å². The highest BCUT2D eigenvalue weighted by molar-refractivity contribution is 9.10. The Hall–Kier alpha value is -0.390. The van der Waals surface area contributed by atoms with Gasteiger partial charge in [-0.05, 0) is 28.4 Å². The average Bonchev–Trinajstić information content (AvgIpc) is 2.52. The summed E-state index contributed by atoms with van der Waals surface area (Å²) in [5, 5.41) is 20.4. The first-order valence-electron chi connectivity index (χ1n) is 4.21. The Morgan fingerprint density at radius 3 is 2.71 bits per heavy atom. The van der Waals surface area contributed by atoms with Crippen LogP contribution < -0.4 is 0 Å². The smallest absolute Gasteiger partial charge is 0.309 e. The summed E-state index contributed by atoms with van der Waals surface area (Å²) < 4.78 is 0.872. The van der Waals surface area contributed by atoms with Crippen molar-refractivity contribution in [2.75, 3.05) is 0 Å². The third-order valence-corrected chi connectivity index (χ3v) is 3.78. The second kappa shape index (κ2) is 4.91. The molecule has 2 N–H and O–H groups in total. The van der Waals surface area contributed by atoms with Gasteiger partial charge in [-0.25, -0.2) is 0 Å². The molecule has 0 aliphatic heterocycles. The maximum atomic E-state index is 10.8. The number of aliphatic carboxylic acids is 1. The van der Waals surface area contributed by atoms with E-state index >= 15 is 0 Å². The summed E-state index contributed by atoms with van der Waals surface area (Å²) in [6.07, 6.45) is -0.486. The van der Waals surface area contributed by atoms with E-state index in [1.54, 1.807) is 13.0 Å². The molecule has 2 unspecified atom stereocenters. The molecule has 0 radical (unpaired) electrons. The number of hydrogen-bond acceptors (Lipinski definition) is 3. The predicted molar refractivity (Wildman–Crippen MR) is 58.4 cm³/mol. The lowest BCUT2D eigenvalue weighted by molar-refractivity contribution is -0.145. The van der Waals surface area contributed by atoms with E-state index in [2.05, 4.69) is 15.9 Å². The fourth-order valence-electron chi connectivity index (χ4n) is 1.21. The lowest BCUT2D eigenvalue weighted by atomic mass is 9.99. The first-order valence-corrected chi connectivity index (χ1v) is 5.88. The van der Waals surface area contributed by atoms with E-state index in [4.69, 9.17) is 5.11 Å². The summed E-state index contributed by atoms with van der Waals surface area (Å²) >= 11 is 4.62. The molecule has 0 bridgehead atoms. The summed E-state index contributed by atoms with van der Waals surface area (Å²) in [4.78, 5) is 11.5. The zero-order valence-electron chi connectivity index (χ0n) is 7.61. The van der Waals surface area contributed by atoms with E-state index in [-0.39, 0.29) is 0 Å². The van der Waals surface area contributed by atoms with Gasteiger partial charge in [-0.2, -0.15) is 0 Å². The van der Waals surface area contributed by atoms with E-state index in [1.165, 1.54) is 11.3 Å². The van der Waals surface area contributed by atoms with Crippen LogP contribution >= 0.6 is 27.3 Å². The van der Waals surface area contributed by atoms with Crippen LogP contribution in [0.4, 0.5) is 0 Å². The molecule has 78 valence electrons. The molecule has 0 fully saturated rings. The van der Waals surface area contributed by atoms with E-state index in [0.717, 1.165) is 4.47 Å². The number of halogens is 1. The van der Waals surface area contributed by atoms with Gasteiger partial charge in [0.25, 0.3) is 0 Å². The van der Waals surface area contributed by atoms with Crippen molar-refractivity contribution in [1.29, 1.82) is 0 Å². The average molecular weight is 279 g/mol. The van der Waals surface area contributed by atoms with Crippen LogP contribution in [0.2, 0.25) is 0 Å². The topological polar surface area (TPSA) is 57.5 Å². The Morgan fingerprint density at radius 1 is 1.71 bits per heavy atom. The number of aliphatic hydroxyl groups excluding tert-OH is 1. The Bertz CT molecular complexity index is 324. The molecule has 1 aromatic rings. The van der Waals surface area contributed by atoms with Crippen molar-refractivity contribution in [1.82, 2.24) is 0 Å². The summed E-state index contributed by atoms with van der Waals surface area (Å²) in [6, 6.07) is 1.75. The second-order valence-corrected chi connectivity index (χ2v) is 4.82. The lowest BCUT2D eigenvalue weighted by Gasteiger charge is -2.15. The molecule has 0 aliphatic carbocycles. The molecule has 14 heavy (non-hydrogen) atoms. The molecule has 3 nitrogen and oxygen atoms in total. The maximum absolute atomic E-state index is 10.8. The van der Waals surface area contributed by atoms with Gasteiger partial charge in [0.1, 0.15) is 6.10 Å². The molecule has 0 amide bonds. The van der Waals surface area contributed by atoms with Gasteiger partial charge in [-0.1, -0.05) is 6.92 Å². The van der Waals surface area contributed by atoms with E-state index < -0.39 is 18.0 Å². The zero-order chi connectivity index (χ0) is 10.7. The molecular weight excluding hydrogens is 268 g/mol. The summed E-state index contributed by atoms with van der Waals surface area (Å²) in [7, 11) is 0. The van der Waals surface area contributed by atoms with Crippen LogP contribution in [-0.2, 0) is 4.79 Å². The number of aliphatic hydroxyl groups is 1. The highest BCUT2D eigenvalue weighted by Gasteiger charge is 2.26. The summed E-state index contributed by atoms with van der Waals surface area (Å²) in [5.74, 6) is -1.68. The number of hydrogen-bond donors (Lipinski definition) is 2. The van der Waals surface area contributed by atoms with Gasteiger partial charge in [-0.3, -0.25) is 4.79 Å². The summed E-state index contributed by atoms with van der Waals surface area (Å²) in [5.41, 5.74) is 0. The number of carboxylic acids is 1. The largest absolute Gasteiger partial charge is 0.481 e. The molecule has 0 aromatic carbocycles. The van der Waals surface area contributed by atoms with Crippen LogP contribution in [0.25, 0.3) is 0 Å². The SMILES string of the molecule is CCC(C(=O)O)C(O)c1cc(Br)cs1. The molecular formula is C9H11BrO3S. The third-order valence-electron chi connectivity index (χ3n) is 2.02. The Kier molecular flexibility index (Phi) is 4.10. The van der Waals surface area contributed by atoms with Crippen LogP contribution in [0.15, 0.2) is 15.9 Å². The van der Waals surface area contributed by atoms with Gasteiger partial charge in [-0.15, -0.1) is 11.3 Å². The highest BCUT2D eigenvalue weighted by Crippen LogP contribution is 2.31. The Balaban J connectivity index is 2.82. The molecule has 0 saturated carbocycles. The Labute approximate surface area is 94.5 Å². The third kappa shape index (κ3) is 2.56. The van der Waals surface area contributed by atoms with Crippen LogP contribution in [0, 0.1) is 5.92 Å². The number of carbonyl (C=O) groups is 1. The molecule has 0 spiro atoms. The number of thiophene rings is 1. The first kappa shape index (κ1) is 11.7. The highest BCUT2D eigenvalue weighted by atomic mass is 79.9. The minimum Gasteiger partial charge on any atom is -0.481 e. The van der Waals surface area contributed by atoms with Crippen LogP contribution in [0.3, 0.4) is 0 Å². The van der Waals surface area contributed by atoms with Crippen molar-refractivity contribution >= 4 is 33.2 Å².